The Kier molecular flexibility index (Phi) is 1.39. The van der Waals surface area contributed by atoms with Gasteiger partial charge >= 0.3 is 0 Å². The summed E-state index contributed by atoms with van der Waals surface area (Å²) in [5.41, 5.74) is 1.15. The molecule has 9 heavy (non-hydrogen) atoms. The third-order valence-electron chi connectivity index (χ3n) is 1.23. The number of rotatable bonds is 0. The van der Waals surface area contributed by atoms with Crippen molar-refractivity contribution >= 4 is 0 Å². The Morgan fingerprint density at radius 1 is 1.44 bits per heavy atom. The van der Waals surface area contributed by atoms with Crippen LogP contribution in [0.3, 0.4) is 0 Å². The molecule has 0 N–H and O–H groups in total. The van der Waals surface area contributed by atoms with Crippen molar-refractivity contribution < 1.29 is 0 Å². The Balaban J connectivity index is 3.34. The number of aromatic nitrogens is 1. The van der Waals surface area contributed by atoms with E-state index in [-0.39, 0.29) is 5.56 Å². The second-order valence-corrected chi connectivity index (χ2v) is 2.16. The van der Waals surface area contributed by atoms with Gasteiger partial charge in [0.15, 0.2) is 0 Å². The van der Waals surface area contributed by atoms with Gasteiger partial charge in [0.1, 0.15) is 0 Å². The second kappa shape index (κ2) is 2.05. The summed E-state index contributed by atoms with van der Waals surface area (Å²) < 4.78 is 1.56. The first-order valence-corrected chi connectivity index (χ1v) is 2.83. The minimum absolute atomic E-state index is 0.0422. The molecule has 0 bridgehead atoms. The summed E-state index contributed by atoms with van der Waals surface area (Å²) in [6.45, 7) is 1.96. The monoisotopic (exact) mass is 123 g/mol. The van der Waals surface area contributed by atoms with Crippen LogP contribution in [0, 0.1) is 6.92 Å². The Hall–Kier alpha value is -1.05. The number of hydrogen-bond donors (Lipinski definition) is 0. The molecule has 0 radical (unpaired) electrons. The van der Waals surface area contributed by atoms with E-state index < -0.39 is 0 Å². The van der Waals surface area contributed by atoms with Gasteiger partial charge in [-0.15, -0.1) is 0 Å². The molecule has 0 amide bonds. The molecule has 0 unspecified atom stereocenters. The van der Waals surface area contributed by atoms with E-state index in [0.29, 0.717) is 0 Å². The SMILES string of the molecule is Cc1ccc(=O)n(C)c1. The third kappa shape index (κ3) is 1.19. The number of hydrogen-bond acceptors (Lipinski definition) is 1. The van der Waals surface area contributed by atoms with Crippen LogP contribution in [0.1, 0.15) is 5.56 Å². The molecule has 2 heteroatoms. The normalized spacial score (nSPS) is 9.56. The number of nitrogens with zero attached hydrogens (tertiary/aromatic N) is 1. The first-order chi connectivity index (χ1) is 4.20. The predicted molar refractivity (Wildman–Crippen MR) is 36.4 cm³/mol. The van der Waals surface area contributed by atoms with Gasteiger partial charge in [-0.05, 0) is 12.5 Å². The average molecular weight is 123 g/mol. The van der Waals surface area contributed by atoms with Crippen molar-refractivity contribution in [2.45, 2.75) is 6.92 Å². The first-order valence-electron chi connectivity index (χ1n) is 2.83. The van der Waals surface area contributed by atoms with Crippen molar-refractivity contribution in [3.05, 3.63) is 34.2 Å². The predicted octanol–water partition coefficient (Wildman–Crippen LogP) is 0.694. The van der Waals surface area contributed by atoms with Crippen molar-refractivity contribution in [3.8, 4) is 0 Å². The summed E-state index contributed by atoms with van der Waals surface area (Å²) >= 11 is 0. The maximum Gasteiger partial charge on any atom is 0.250 e. The largest absolute Gasteiger partial charge is 0.318 e. The highest BCUT2D eigenvalue weighted by Crippen LogP contribution is 1.88. The van der Waals surface area contributed by atoms with Gasteiger partial charge < -0.3 is 4.57 Å². The zero-order valence-electron chi connectivity index (χ0n) is 5.59. The molecule has 0 spiro atoms. The molecule has 0 fully saturated rings. The molecule has 0 aliphatic heterocycles. The highest BCUT2D eigenvalue weighted by atomic mass is 16.1. The van der Waals surface area contributed by atoms with Crippen LogP contribution in [-0.4, -0.2) is 4.57 Å². The van der Waals surface area contributed by atoms with Crippen molar-refractivity contribution in [1.82, 2.24) is 4.57 Å². The van der Waals surface area contributed by atoms with Gasteiger partial charge in [-0.1, -0.05) is 6.07 Å². The molecule has 0 saturated carbocycles. The van der Waals surface area contributed by atoms with E-state index in [9.17, 15) is 4.79 Å². The maximum atomic E-state index is 10.7. The number of pyridine rings is 1. The lowest BCUT2D eigenvalue weighted by Crippen LogP contribution is -2.13. The van der Waals surface area contributed by atoms with Crippen molar-refractivity contribution in [1.29, 1.82) is 0 Å². The summed E-state index contributed by atoms with van der Waals surface area (Å²) in [5.74, 6) is 0. The van der Waals surface area contributed by atoms with Gasteiger partial charge in [0.05, 0.1) is 0 Å². The van der Waals surface area contributed by atoms with Gasteiger partial charge in [-0.25, -0.2) is 0 Å². The van der Waals surface area contributed by atoms with Gasteiger partial charge in [-0.3, -0.25) is 4.79 Å². The standard InChI is InChI=1S/C7H9NO/c1-6-3-4-7(9)8(2)5-6/h3-5H,1-2H3. The van der Waals surface area contributed by atoms with E-state index in [1.54, 1.807) is 17.7 Å². The highest BCUT2D eigenvalue weighted by molar-refractivity contribution is 5.06. The molecule has 0 aliphatic carbocycles. The van der Waals surface area contributed by atoms with E-state index in [4.69, 9.17) is 0 Å². The van der Waals surface area contributed by atoms with Crippen molar-refractivity contribution in [2.24, 2.45) is 7.05 Å². The summed E-state index contributed by atoms with van der Waals surface area (Å²) in [4.78, 5) is 10.7. The molecule has 1 aromatic rings. The van der Waals surface area contributed by atoms with Crippen LogP contribution in [0.15, 0.2) is 23.1 Å². The molecule has 1 heterocycles. The lowest BCUT2D eigenvalue weighted by molar-refractivity contribution is 0.852. The second-order valence-electron chi connectivity index (χ2n) is 2.16. The average Bonchev–Trinajstić information content (AvgIpc) is 1.80. The van der Waals surface area contributed by atoms with Crippen molar-refractivity contribution in [2.75, 3.05) is 0 Å². The van der Waals surface area contributed by atoms with Crippen LogP contribution in [0.2, 0.25) is 0 Å². The Morgan fingerprint density at radius 2 is 2.11 bits per heavy atom. The Labute approximate surface area is 53.8 Å². The molecule has 0 atom stereocenters. The third-order valence-corrected chi connectivity index (χ3v) is 1.23. The number of aryl methyl sites for hydroxylation is 2. The van der Waals surface area contributed by atoms with E-state index in [2.05, 4.69) is 0 Å². The molecule has 2 nitrogen and oxygen atoms in total. The van der Waals surface area contributed by atoms with E-state index in [1.807, 2.05) is 19.2 Å². The zero-order valence-corrected chi connectivity index (χ0v) is 5.59. The van der Waals surface area contributed by atoms with Crippen LogP contribution >= 0.6 is 0 Å². The quantitative estimate of drug-likeness (QED) is 0.497. The molecular formula is C7H9NO. The minimum Gasteiger partial charge on any atom is -0.318 e. The zero-order chi connectivity index (χ0) is 6.85. The topological polar surface area (TPSA) is 22.0 Å². The summed E-state index contributed by atoms with van der Waals surface area (Å²) in [5, 5.41) is 0. The van der Waals surface area contributed by atoms with Gasteiger partial charge in [0.25, 0.3) is 0 Å². The fourth-order valence-electron chi connectivity index (χ4n) is 0.732. The molecule has 1 rings (SSSR count). The van der Waals surface area contributed by atoms with Crippen LogP contribution in [0.25, 0.3) is 0 Å². The van der Waals surface area contributed by atoms with E-state index >= 15 is 0 Å². The summed E-state index contributed by atoms with van der Waals surface area (Å²) in [7, 11) is 1.75. The highest BCUT2D eigenvalue weighted by Gasteiger charge is 1.86. The molecular weight excluding hydrogens is 114 g/mol. The molecule has 0 aliphatic rings. The smallest absolute Gasteiger partial charge is 0.250 e. The summed E-state index contributed by atoms with van der Waals surface area (Å²) in [6, 6.07) is 3.37. The molecule has 1 aromatic heterocycles. The van der Waals surface area contributed by atoms with Crippen molar-refractivity contribution in [3.63, 3.8) is 0 Å². The van der Waals surface area contributed by atoms with Crippen LogP contribution in [0.5, 0.6) is 0 Å². The van der Waals surface area contributed by atoms with Gasteiger partial charge in [0, 0.05) is 19.3 Å². The Morgan fingerprint density at radius 3 is 2.56 bits per heavy atom. The molecule has 0 saturated heterocycles. The van der Waals surface area contributed by atoms with Crippen LogP contribution in [0.4, 0.5) is 0 Å². The summed E-state index contributed by atoms with van der Waals surface area (Å²) in [6.07, 6.45) is 1.81. The fourth-order valence-corrected chi connectivity index (χ4v) is 0.732. The van der Waals surface area contributed by atoms with Crippen LogP contribution in [-0.2, 0) is 7.05 Å². The first kappa shape index (κ1) is 6.08. The lowest BCUT2D eigenvalue weighted by atomic mass is 10.3. The van der Waals surface area contributed by atoms with Gasteiger partial charge in [-0.2, -0.15) is 0 Å². The fraction of sp³-hybridized carbons (Fsp3) is 0.286. The van der Waals surface area contributed by atoms with Gasteiger partial charge in [0.2, 0.25) is 5.56 Å². The van der Waals surface area contributed by atoms with E-state index in [0.717, 1.165) is 5.56 Å². The Bertz CT molecular complexity index is 262. The molecule has 48 valence electrons. The molecule has 0 aromatic carbocycles. The van der Waals surface area contributed by atoms with Crippen LogP contribution < -0.4 is 5.56 Å². The minimum atomic E-state index is 0.0422. The maximum absolute atomic E-state index is 10.7. The van der Waals surface area contributed by atoms with E-state index in [1.165, 1.54) is 0 Å². The lowest BCUT2D eigenvalue weighted by Gasteiger charge is -1.94.